The molecule has 1 rings (SSSR count). The van der Waals surface area contributed by atoms with Gasteiger partial charge in [0.05, 0.1) is 5.75 Å². The van der Waals surface area contributed by atoms with Crippen LogP contribution in [0.5, 0.6) is 5.75 Å². The lowest BCUT2D eigenvalue weighted by atomic mass is 10.1. The van der Waals surface area contributed by atoms with Crippen LogP contribution in [0.25, 0.3) is 0 Å². The SMILES string of the molecule is CCCNC(C)c1ccc(F)cc1OCCS(C)(=O)=O. The predicted molar refractivity (Wildman–Crippen MR) is 78.3 cm³/mol. The molecule has 0 aromatic heterocycles. The molecule has 0 radical (unpaired) electrons. The van der Waals surface area contributed by atoms with Gasteiger partial charge in [-0.1, -0.05) is 13.0 Å². The first-order valence-corrected chi connectivity index (χ1v) is 8.73. The van der Waals surface area contributed by atoms with E-state index in [1.54, 1.807) is 6.07 Å². The van der Waals surface area contributed by atoms with Crippen molar-refractivity contribution in [3.63, 3.8) is 0 Å². The first kappa shape index (κ1) is 16.9. The molecule has 0 aliphatic rings. The number of sulfone groups is 1. The third kappa shape index (κ3) is 5.88. The van der Waals surface area contributed by atoms with Crippen LogP contribution in [0.15, 0.2) is 18.2 Å². The van der Waals surface area contributed by atoms with Crippen molar-refractivity contribution in [2.24, 2.45) is 0 Å². The van der Waals surface area contributed by atoms with Crippen molar-refractivity contribution in [3.05, 3.63) is 29.6 Å². The van der Waals surface area contributed by atoms with E-state index in [0.29, 0.717) is 5.75 Å². The van der Waals surface area contributed by atoms with Gasteiger partial charge in [-0.05, 0) is 26.0 Å². The molecule has 0 saturated heterocycles. The molecule has 0 spiro atoms. The number of ether oxygens (including phenoxy) is 1. The van der Waals surface area contributed by atoms with E-state index < -0.39 is 15.7 Å². The maximum Gasteiger partial charge on any atom is 0.150 e. The summed E-state index contributed by atoms with van der Waals surface area (Å²) < 4.78 is 40.9. The van der Waals surface area contributed by atoms with E-state index in [1.165, 1.54) is 12.1 Å². The Hall–Kier alpha value is -1.14. The Balaban J connectivity index is 2.79. The van der Waals surface area contributed by atoms with Crippen LogP contribution in [0.4, 0.5) is 4.39 Å². The molecule has 1 aromatic rings. The Kier molecular flexibility index (Phi) is 6.42. The minimum Gasteiger partial charge on any atom is -0.492 e. The first-order chi connectivity index (χ1) is 9.33. The van der Waals surface area contributed by atoms with Gasteiger partial charge < -0.3 is 10.1 Å². The Morgan fingerprint density at radius 1 is 1.40 bits per heavy atom. The molecule has 0 bridgehead atoms. The number of hydrogen-bond acceptors (Lipinski definition) is 4. The van der Waals surface area contributed by atoms with Crippen molar-refractivity contribution < 1.29 is 17.5 Å². The van der Waals surface area contributed by atoms with Crippen molar-refractivity contribution in [2.45, 2.75) is 26.3 Å². The smallest absolute Gasteiger partial charge is 0.150 e. The highest BCUT2D eigenvalue weighted by atomic mass is 32.2. The summed E-state index contributed by atoms with van der Waals surface area (Å²) in [5, 5.41) is 3.29. The van der Waals surface area contributed by atoms with Crippen LogP contribution in [0.2, 0.25) is 0 Å². The fourth-order valence-corrected chi connectivity index (χ4v) is 2.15. The summed E-state index contributed by atoms with van der Waals surface area (Å²) in [5.74, 6) is -0.0877. The number of halogens is 1. The molecule has 0 aliphatic carbocycles. The van der Waals surface area contributed by atoms with E-state index in [-0.39, 0.29) is 18.4 Å². The summed E-state index contributed by atoms with van der Waals surface area (Å²) in [6.07, 6.45) is 2.14. The molecule has 0 heterocycles. The highest BCUT2D eigenvalue weighted by Crippen LogP contribution is 2.26. The molecular formula is C14H22FNO3S. The summed E-state index contributed by atoms with van der Waals surface area (Å²) in [6, 6.07) is 4.35. The third-order valence-electron chi connectivity index (χ3n) is 2.85. The average Bonchev–Trinajstić information content (AvgIpc) is 2.34. The van der Waals surface area contributed by atoms with Gasteiger partial charge in [-0.2, -0.15) is 0 Å². The van der Waals surface area contributed by atoms with Gasteiger partial charge >= 0.3 is 0 Å². The standard InChI is InChI=1S/C14H22FNO3S/c1-4-7-16-11(2)13-6-5-12(15)10-14(13)19-8-9-20(3,17)18/h5-6,10-11,16H,4,7-9H2,1-3H3. The fraction of sp³-hybridized carbons (Fsp3) is 0.571. The lowest BCUT2D eigenvalue weighted by Gasteiger charge is -2.18. The molecular weight excluding hydrogens is 281 g/mol. The van der Waals surface area contributed by atoms with Crippen LogP contribution in [-0.4, -0.2) is 33.6 Å². The highest BCUT2D eigenvalue weighted by Gasteiger charge is 2.13. The van der Waals surface area contributed by atoms with E-state index in [4.69, 9.17) is 4.74 Å². The van der Waals surface area contributed by atoms with E-state index in [9.17, 15) is 12.8 Å². The minimum absolute atomic E-state index is 0.0174. The van der Waals surface area contributed by atoms with Gasteiger partial charge in [0.25, 0.3) is 0 Å². The Morgan fingerprint density at radius 2 is 2.10 bits per heavy atom. The summed E-state index contributed by atoms with van der Waals surface area (Å²) in [5.41, 5.74) is 0.827. The van der Waals surface area contributed by atoms with Crippen molar-refractivity contribution in [1.29, 1.82) is 0 Å². The first-order valence-electron chi connectivity index (χ1n) is 6.67. The third-order valence-corrected chi connectivity index (χ3v) is 3.76. The van der Waals surface area contributed by atoms with Crippen LogP contribution in [-0.2, 0) is 9.84 Å². The Labute approximate surface area is 120 Å². The van der Waals surface area contributed by atoms with Gasteiger partial charge in [0.1, 0.15) is 18.2 Å². The van der Waals surface area contributed by atoms with Gasteiger partial charge in [0.15, 0.2) is 9.84 Å². The normalized spacial score (nSPS) is 13.2. The largest absolute Gasteiger partial charge is 0.492 e. The van der Waals surface area contributed by atoms with Crippen molar-refractivity contribution >= 4 is 9.84 Å². The molecule has 0 aliphatic heterocycles. The summed E-state index contributed by atoms with van der Waals surface area (Å²) >= 11 is 0. The van der Waals surface area contributed by atoms with Crippen LogP contribution >= 0.6 is 0 Å². The van der Waals surface area contributed by atoms with Crippen LogP contribution in [0.1, 0.15) is 31.9 Å². The second-order valence-corrected chi connectivity index (χ2v) is 7.10. The summed E-state index contributed by atoms with van der Waals surface area (Å²) in [6.45, 7) is 4.90. The number of benzene rings is 1. The monoisotopic (exact) mass is 303 g/mol. The van der Waals surface area contributed by atoms with Gasteiger partial charge in [0, 0.05) is 23.9 Å². The van der Waals surface area contributed by atoms with Crippen LogP contribution in [0.3, 0.4) is 0 Å². The Bertz CT molecular complexity index is 531. The molecule has 0 saturated carbocycles. The van der Waals surface area contributed by atoms with E-state index >= 15 is 0 Å². The van der Waals surface area contributed by atoms with Crippen LogP contribution in [0, 0.1) is 5.82 Å². The summed E-state index contributed by atoms with van der Waals surface area (Å²) in [7, 11) is -3.09. The van der Waals surface area contributed by atoms with Crippen LogP contribution < -0.4 is 10.1 Å². The second kappa shape index (κ2) is 7.59. The predicted octanol–water partition coefficient (Wildman–Crippen LogP) is 2.31. The Morgan fingerprint density at radius 3 is 2.70 bits per heavy atom. The lowest BCUT2D eigenvalue weighted by molar-refractivity contribution is 0.331. The maximum atomic E-state index is 13.3. The molecule has 1 N–H and O–H groups in total. The molecule has 4 nitrogen and oxygen atoms in total. The number of nitrogens with one attached hydrogen (secondary N) is 1. The van der Waals surface area contributed by atoms with Crippen molar-refractivity contribution in [2.75, 3.05) is 25.2 Å². The number of rotatable bonds is 8. The highest BCUT2D eigenvalue weighted by molar-refractivity contribution is 7.90. The summed E-state index contributed by atoms with van der Waals surface area (Å²) in [4.78, 5) is 0. The number of hydrogen-bond donors (Lipinski definition) is 1. The zero-order chi connectivity index (χ0) is 15.2. The van der Waals surface area contributed by atoms with E-state index in [2.05, 4.69) is 12.2 Å². The molecule has 0 fully saturated rings. The minimum atomic E-state index is -3.09. The van der Waals surface area contributed by atoms with Gasteiger partial charge in [-0.25, -0.2) is 12.8 Å². The van der Waals surface area contributed by atoms with Gasteiger partial charge in [0.2, 0.25) is 0 Å². The topological polar surface area (TPSA) is 55.4 Å². The zero-order valence-corrected chi connectivity index (χ0v) is 13.0. The molecule has 20 heavy (non-hydrogen) atoms. The molecule has 1 atom stereocenters. The quantitative estimate of drug-likeness (QED) is 0.800. The van der Waals surface area contributed by atoms with Crippen molar-refractivity contribution in [1.82, 2.24) is 5.32 Å². The zero-order valence-electron chi connectivity index (χ0n) is 12.1. The molecule has 1 aromatic carbocycles. The fourth-order valence-electron chi connectivity index (χ4n) is 1.76. The molecule has 114 valence electrons. The maximum absolute atomic E-state index is 13.3. The molecule has 6 heteroatoms. The van der Waals surface area contributed by atoms with Gasteiger partial charge in [-0.15, -0.1) is 0 Å². The average molecular weight is 303 g/mol. The molecule has 0 amide bonds. The molecule has 1 unspecified atom stereocenters. The van der Waals surface area contributed by atoms with E-state index in [1.807, 2.05) is 6.92 Å². The van der Waals surface area contributed by atoms with Gasteiger partial charge in [-0.3, -0.25) is 0 Å². The van der Waals surface area contributed by atoms with E-state index in [0.717, 1.165) is 24.8 Å². The second-order valence-electron chi connectivity index (χ2n) is 4.84. The lowest BCUT2D eigenvalue weighted by Crippen LogP contribution is -2.20. The van der Waals surface area contributed by atoms with Crippen molar-refractivity contribution in [3.8, 4) is 5.75 Å².